The van der Waals surface area contributed by atoms with Crippen LogP contribution >= 0.6 is 46.4 Å². The Labute approximate surface area is 127 Å². The molecule has 0 heterocycles. The average molecular weight is 396 g/mol. The summed E-state index contributed by atoms with van der Waals surface area (Å²) in [6.45, 7) is 0. The molecular formula is C6H6CdCl4O4. The van der Waals surface area contributed by atoms with Crippen LogP contribution < -0.4 is 10.2 Å². The second-order valence-electron chi connectivity index (χ2n) is 1.88. The summed E-state index contributed by atoms with van der Waals surface area (Å²) in [5, 5.41) is 17.1. The molecule has 2 atom stereocenters. The maximum absolute atomic E-state index is 9.60. The molecule has 0 aliphatic carbocycles. The molecule has 84 valence electrons. The molecule has 0 amide bonds. The van der Waals surface area contributed by atoms with Crippen molar-refractivity contribution in [3.63, 3.8) is 0 Å². The minimum atomic E-state index is -1.32. The van der Waals surface area contributed by atoms with Crippen LogP contribution in [0.3, 0.4) is 0 Å². The van der Waals surface area contributed by atoms with Crippen molar-refractivity contribution in [2.45, 2.75) is 10.8 Å². The van der Waals surface area contributed by atoms with E-state index in [1.54, 1.807) is 0 Å². The predicted octanol–water partition coefficient (Wildman–Crippen LogP) is -0.838. The van der Waals surface area contributed by atoms with Crippen LogP contribution in [0.1, 0.15) is 0 Å². The van der Waals surface area contributed by atoms with Gasteiger partial charge in [0.25, 0.3) is 0 Å². The van der Waals surface area contributed by atoms with E-state index in [1.165, 1.54) is 0 Å². The Morgan fingerprint density at radius 1 is 0.933 bits per heavy atom. The third kappa shape index (κ3) is 15.0. The zero-order valence-electron chi connectivity index (χ0n) is 7.42. The number of carbonyl (C=O) groups excluding carboxylic acids is 2. The van der Waals surface area contributed by atoms with Crippen LogP contribution in [-0.4, -0.2) is 34.5 Å². The van der Waals surface area contributed by atoms with Crippen LogP contribution in [-0.2, 0) is 36.9 Å². The first kappa shape index (κ1) is 21.3. The van der Waals surface area contributed by atoms with Crippen LogP contribution in [0.2, 0.25) is 0 Å². The first-order valence-corrected chi connectivity index (χ1v) is 5.12. The van der Waals surface area contributed by atoms with Crippen LogP contribution in [0.4, 0.5) is 0 Å². The summed E-state index contributed by atoms with van der Waals surface area (Å²) in [4.78, 5) is 19.2. The summed E-state index contributed by atoms with van der Waals surface area (Å²) in [5.41, 5.74) is 0. The van der Waals surface area contributed by atoms with Gasteiger partial charge < -0.3 is 19.8 Å². The van der Waals surface area contributed by atoms with Crippen molar-refractivity contribution in [2.24, 2.45) is 0 Å². The van der Waals surface area contributed by atoms with Gasteiger partial charge in [-0.2, -0.15) is 0 Å². The van der Waals surface area contributed by atoms with E-state index >= 15 is 0 Å². The minimum Gasteiger partial charge on any atom is -0.548 e. The first-order chi connectivity index (χ1) is 6.36. The first-order valence-electron chi connectivity index (χ1n) is 3.18. The Hall–Kier alpha value is 1.02. The van der Waals surface area contributed by atoms with E-state index in [9.17, 15) is 19.8 Å². The largest absolute Gasteiger partial charge is 2.00 e. The monoisotopic (exact) mass is 396 g/mol. The molecule has 0 aliphatic heterocycles. The molecule has 9 heteroatoms. The molecule has 0 bridgehead atoms. The molecule has 2 unspecified atom stereocenters. The number of hydrogen-bond donors (Lipinski definition) is 0. The standard InChI is InChI=1S/2C3H4Cl2O2.Cd/c2*4-1-2(5)3(6)7;/h2*2H,1H2,(H,6,7);/q;;+2/p-2. The molecule has 4 nitrogen and oxygen atoms in total. The Kier molecular flexibility index (Phi) is 18.6. The molecule has 0 aromatic heterocycles. The normalized spacial score (nSPS) is 12.5. The van der Waals surface area contributed by atoms with Gasteiger partial charge in [-0.15, -0.1) is 46.4 Å². The van der Waals surface area contributed by atoms with Gasteiger partial charge in [-0.3, -0.25) is 0 Å². The third-order valence-corrected chi connectivity index (χ3v) is 2.38. The van der Waals surface area contributed by atoms with Gasteiger partial charge in [0.2, 0.25) is 0 Å². The van der Waals surface area contributed by atoms with E-state index in [1.807, 2.05) is 0 Å². The van der Waals surface area contributed by atoms with Gasteiger partial charge in [0.15, 0.2) is 0 Å². The Morgan fingerprint density at radius 2 is 1.13 bits per heavy atom. The van der Waals surface area contributed by atoms with Gasteiger partial charge in [-0.25, -0.2) is 0 Å². The number of carbonyl (C=O) groups is 2. The Balaban J connectivity index is -0.000000180. The van der Waals surface area contributed by atoms with Crippen LogP contribution in [0.25, 0.3) is 0 Å². The molecule has 0 aliphatic rings. The molecule has 0 spiro atoms. The summed E-state index contributed by atoms with van der Waals surface area (Å²) >= 11 is 20.0. The molecule has 0 fully saturated rings. The summed E-state index contributed by atoms with van der Waals surface area (Å²) in [6, 6.07) is 0. The molecule has 15 heavy (non-hydrogen) atoms. The topological polar surface area (TPSA) is 80.3 Å². The van der Waals surface area contributed by atoms with Gasteiger partial charge in [0.05, 0.1) is 22.7 Å². The van der Waals surface area contributed by atoms with Gasteiger partial charge in [-0.05, 0) is 0 Å². The van der Waals surface area contributed by atoms with Gasteiger partial charge in [0.1, 0.15) is 0 Å². The second-order valence-corrected chi connectivity index (χ2v) is 3.55. The van der Waals surface area contributed by atoms with E-state index in [2.05, 4.69) is 0 Å². The van der Waals surface area contributed by atoms with E-state index in [4.69, 9.17) is 46.4 Å². The third-order valence-electron chi connectivity index (χ3n) is 0.782. The molecule has 0 radical (unpaired) electrons. The number of aliphatic carboxylic acids is 2. The van der Waals surface area contributed by atoms with Crippen molar-refractivity contribution in [1.29, 1.82) is 0 Å². The van der Waals surface area contributed by atoms with Gasteiger partial charge >= 0.3 is 27.3 Å². The SMILES string of the molecule is O=C([O-])C(Cl)CCl.O=C([O-])C(Cl)CCl.[Cd+2]. The predicted molar refractivity (Wildman–Crippen MR) is 50.7 cm³/mol. The maximum atomic E-state index is 9.60. The van der Waals surface area contributed by atoms with Gasteiger partial charge in [-0.1, -0.05) is 0 Å². The number of hydrogen-bond acceptors (Lipinski definition) is 4. The summed E-state index contributed by atoms with van der Waals surface area (Å²) < 4.78 is 0. The number of rotatable bonds is 4. The smallest absolute Gasteiger partial charge is 0.548 e. The van der Waals surface area contributed by atoms with E-state index in [0.29, 0.717) is 0 Å². The number of alkyl halides is 4. The quantitative estimate of drug-likeness (QED) is 0.459. The second kappa shape index (κ2) is 13.1. The minimum absolute atomic E-state index is 0. The fourth-order valence-corrected chi connectivity index (χ4v) is 0.378. The summed E-state index contributed by atoms with van der Waals surface area (Å²) in [6.07, 6.45) is 0. The molecule has 0 rings (SSSR count). The van der Waals surface area contributed by atoms with Crippen molar-refractivity contribution < 1.29 is 47.1 Å². The van der Waals surface area contributed by atoms with Gasteiger partial charge in [0, 0.05) is 11.8 Å². The van der Waals surface area contributed by atoms with Crippen LogP contribution in [0, 0.1) is 0 Å². The number of halogens is 4. The molecule has 0 saturated carbocycles. The molecule has 0 N–H and O–H groups in total. The summed E-state index contributed by atoms with van der Waals surface area (Å²) in [5.74, 6) is -2.86. The van der Waals surface area contributed by atoms with Crippen molar-refractivity contribution in [2.75, 3.05) is 11.8 Å². The van der Waals surface area contributed by atoms with Crippen molar-refractivity contribution >= 4 is 58.3 Å². The van der Waals surface area contributed by atoms with Crippen LogP contribution in [0.15, 0.2) is 0 Å². The van der Waals surface area contributed by atoms with Crippen molar-refractivity contribution in [3.8, 4) is 0 Å². The molecule has 0 aromatic carbocycles. The fraction of sp³-hybridized carbons (Fsp3) is 0.667. The number of carboxylic acids is 2. The maximum Gasteiger partial charge on any atom is 2.00 e. The zero-order valence-corrected chi connectivity index (χ0v) is 14.5. The van der Waals surface area contributed by atoms with Crippen molar-refractivity contribution in [1.82, 2.24) is 0 Å². The molecule has 0 aromatic rings. The number of carboxylic acid groups (broad SMARTS) is 2. The Bertz CT molecular complexity index is 172. The average Bonchev–Trinajstić information content (AvgIpc) is 2.15. The summed E-state index contributed by atoms with van der Waals surface area (Å²) in [7, 11) is 0. The van der Waals surface area contributed by atoms with E-state index < -0.39 is 22.7 Å². The van der Waals surface area contributed by atoms with Crippen LogP contribution in [0.5, 0.6) is 0 Å². The van der Waals surface area contributed by atoms with E-state index in [0.717, 1.165) is 0 Å². The zero-order chi connectivity index (χ0) is 11.7. The fourth-order valence-electron chi connectivity index (χ4n) is 0.126. The van der Waals surface area contributed by atoms with Crippen molar-refractivity contribution in [3.05, 3.63) is 0 Å². The van der Waals surface area contributed by atoms with E-state index in [-0.39, 0.29) is 39.1 Å². The molecule has 0 saturated heterocycles. The Morgan fingerprint density at radius 3 is 1.13 bits per heavy atom. The molecular weight excluding hydrogens is 390 g/mol.